The number of benzene rings is 3. The molecule has 0 atom stereocenters. The van der Waals surface area contributed by atoms with Crippen LogP contribution in [0.1, 0.15) is 0 Å². The van der Waals surface area contributed by atoms with Crippen molar-refractivity contribution in [3.8, 4) is 11.5 Å². The maximum absolute atomic E-state index is 11.2. The van der Waals surface area contributed by atoms with Crippen LogP contribution in [0.2, 0.25) is 0 Å². The molecule has 130 valence electrons. The summed E-state index contributed by atoms with van der Waals surface area (Å²) in [6.45, 7) is 0. The van der Waals surface area contributed by atoms with Crippen LogP contribution in [0, 0.1) is 20.2 Å². The van der Waals surface area contributed by atoms with Gasteiger partial charge in [-0.1, -0.05) is 18.2 Å². The summed E-state index contributed by atoms with van der Waals surface area (Å²) in [5, 5.41) is 24.8. The van der Waals surface area contributed by atoms with Gasteiger partial charge in [-0.05, 0) is 42.5 Å². The quantitative estimate of drug-likeness (QED) is 0.492. The number of rotatable bonds is 6. The topological polar surface area (TPSA) is 108 Å². The summed E-state index contributed by atoms with van der Waals surface area (Å²) in [6.07, 6.45) is 0. The van der Waals surface area contributed by atoms with Crippen LogP contribution in [0.5, 0.6) is 11.5 Å². The second kappa shape index (κ2) is 7.31. The average molecular weight is 351 g/mol. The molecule has 3 rings (SSSR count). The van der Waals surface area contributed by atoms with Crippen LogP contribution in [0.4, 0.5) is 22.7 Å². The minimum absolute atomic E-state index is 0.164. The third-order valence-corrected chi connectivity index (χ3v) is 3.50. The van der Waals surface area contributed by atoms with Gasteiger partial charge < -0.3 is 10.1 Å². The SMILES string of the molecule is O=[N+]([O-])c1ccc(Nc2ccc(Oc3ccccc3)cc2)c([N+](=O)[O-])c1. The van der Waals surface area contributed by atoms with Crippen molar-refractivity contribution in [3.63, 3.8) is 0 Å². The van der Waals surface area contributed by atoms with Crippen molar-refractivity contribution in [2.75, 3.05) is 5.32 Å². The van der Waals surface area contributed by atoms with Crippen molar-refractivity contribution >= 4 is 22.7 Å². The molecule has 3 aromatic rings. The molecule has 26 heavy (non-hydrogen) atoms. The molecule has 0 aliphatic carbocycles. The van der Waals surface area contributed by atoms with E-state index in [9.17, 15) is 20.2 Å². The zero-order valence-corrected chi connectivity index (χ0v) is 13.4. The number of nitro benzene ring substituents is 2. The highest BCUT2D eigenvalue weighted by Crippen LogP contribution is 2.32. The van der Waals surface area contributed by atoms with Crippen molar-refractivity contribution in [1.29, 1.82) is 0 Å². The molecule has 0 heterocycles. The smallest absolute Gasteiger partial charge is 0.299 e. The number of anilines is 2. The molecule has 0 saturated heterocycles. The van der Waals surface area contributed by atoms with Gasteiger partial charge in [0.15, 0.2) is 0 Å². The summed E-state index contributed by atoms with van der Waals surface area (Å²) in [5.74, 6) is 1.30. The fraction of sp³-hybridized carbons (Fsp3) is 0. The Morgan fingerprint density at radius 3 is 2.04 bits per heavy atom. The van der Waals surface area contributed by atoms with Crippen LogP contribution in [-0.2, 0) is 0 Å². The fourth-order valence-corrected chi connectivity index (χ4v) is 2.28. The standard InChI is InChI=1S/C18H13N3O5/c22-20(23)14-8-11-17(18(12-14)21(24)25)19-13-6-9-16(10-7-13)26-15-4-2-1-3-5-15/h1-12,19H. The first-order valence-electron chi connectivity index (χ1n) is 7.56. The lowest BCUT2D eigenvalue weighted by Gasteiger charge is -2.09. The molecule has 0 radical (unpaired) electrons. The molecule has 0 amide bonds. The first kappa shape index (κ1) is 16.9. The molecule has 0 bridgehead atoms. The zero-order valence-electron chi connectivity index (χ0n) is 13.4. The van der Waals surface area contributed by atoms with Gasteiger partial charge in [-0.3, -0.25) is 20.2 Å². The first-order valence-corrected chi connectivity index (χ1v) is 7.56. The molecule has 8 heteroatoms. The number of hydrogen-bond donors (Lipinski definition) is 1. The van der Waals surface area contributed by atoms with Gasteiger partial charge in [0.25, 0.3) is 11.4 Å². The minimum Gasteiger partial charge on any atom is -0.457 e. The summed E-state index contributed by atoms with van der Waals surface area (Å²) in [7, 11) is 0. The number of nitrogens with zero attached hydrogens (tertiary/aromatic N) is 2. The van der Waals surface area contributed by atoms with Crippen molar-refractivity contribution in [3.05, 3.63) is 93.0 Å². The number of hydrogen-bond acceptors (Lipinski definition) is 6. The average Bonchev–Trinajstić information content (AvgIpc) is 2.64. The monoisotopic (exact) mass is 351 g/mol. The Morgan fingerprint density at radius 1 is 0.769 bits per heavy atom. The highest BCUT2D eigenvalue weighted by molar-refractivity contribution is 5.71. The van der Waals surface area contributed by atoms with Gasteiger partial charge in [-0.15, -0.1) is 0 Å². The normalized spacial score (nSPS) is 10.2. The van der Waals surface area contributed by atoms with Crippen LogP contribution in [0.15, 0.2) is 72.8 Å². The van der Waals surface area contributed by atoms with E-state index in [-0.39, 0.29) is 17.1 Å². The Labute approximate surface area is 148 Å². The first-order chi connectivity index (χ1) is 12.5. The molecular weight excluding hydrogens is 338 g/mol. The van der Waals surface area contributed by atoms with Crippen LogP contribution in [0.3, 0.4) is 0 Å². The number of ether oxygens (including phenoxy) is 1. The van der Waals surface area contributed by atoms with Gasteiger partial charge in [-0.25, -0.2) is 0 Å². The van der Waals surface area contributed by atoms with Gasteiger partial charge in [0.1, 0.15) is 17.2 Å². The molecule has 0 aliphatic heterocycles. The summed E-state index contributed by atoms with van der Waals surface area (Å²) >= 11 is 0. The minimum atomic E-state index is -0.674. The van der Waals surface area contributed by atoms with Gasteiger partial charge in [0, 0.05) is 11.8 Å². The van der Waals surface area contributed by atoms with E-state index < -0.39 is 9.85 Å². The van der Waals surface area contributed by atoms with E-state index in [2.05, 4.69) is 5.32 Å². The number of nitrogens with one attached hydrogen (secondary N) is 1. The van der Waals surface area contributed by atoms with Crippen molar-refractivity contribution < 1.29 is 14.6 Å². The van der Waals surface area contributed by atoms with Crippen LogP contribution < -0.4 is 10.1 Å². The Kier molecular flexibility index (Phi) is 4.75. The van der Waals surface area contributed by atoms with Crippen LogP contribution in [0.25, 0.3) is 0 Å². The van der Waals surface area contributed by atoms with Gasteiger partial charge in [-0.2, -0.15) is 0 Å². The van der Waals surface area contributed by atoms with E-state index in [1.165, 1.54) is 12.1 Å². The third-order valence-electron chi connectivity index (χ3n) is 3.50. The molecule has 1 N–H and O–H groups in total. The van der Waals surface area contributed by atoms with Gasteiger partial charge in [0.05, 0.1) is 15.9 Å². The van der Waals surface area contributed by atoms with Crippen LogP contribution >= 0.6 is 0 Å². The van der Waals surface area contributed by atoms with Gasteiger partial charge >= 0.3 is 0 Å². The molecule has 0 fully saturated rings. The Bertz CT molecular complexity index is 943. The lowest BCUT2D eigenvalue weighted by atomic mass is 10.2. The number of para-hydroxylation sites is 1. The maximum atomic E-state index is 11.2. The second-order valence-corrected chi connectivity index (χ2v) is 5.28. The van der Waals surface area contributed by atoms with Crippen molar-refractivity contribution in [2.24, 2.45) is 0 Å². The predicted octanol–water partition coefficient (Wildman–Crippen LogP) is 5.04. The zero-order chi connectivity index (χ0) is 18.5. The third kappa shape index (κ3) is 3.93. The van der Waals surface area contributed by atoms with E-state index in [0.717, 1.165) is 6.07 Å². The maximum Gasteiger partial charge on any atom is 0.299 e. The van der Waals surface area contributed by atoms with E-state index in [4.69, 9.17) is 4.74 Å². The predicted molar refractivity (Wildman–Crippen MR) is 96.0 cm³/mol. The Balaban J connectivity index is 1.79. The Morgan fingerprint density at radius 2 is 1.42 bits per heavy atom. The van der Waals surface area contributed by atoms with E-state index >= 15 is 0 Å². The Hall–Kier alpha value is -3.94. The lowest BCUT2D eigenvalue weighted by molar-refractivity contribution is -0.393. The highest BCUT2D eigenvalue weighted by Gasteiger charge is 2.19. The number of nitro groups is 2. The van der Waals surface area contributed by atoms with E-state index in [0.29, 0.717) is 17.2 Å². The van der Waals surface area contributed by atoms with Crippen LogP contribution in [-0.4, -0.2) is 9.85 Å². The molecule has 0 saturated carbocycles. The molecule has 0 spiro atoms. The van der Waals surface area contributed by atoms with Crippen molar-refractivity contribution in [1.82, 2.24) is 0 Å². The van der Waals surface area contributed by atoms with E-state index in [1.807, 2.05) is 30.3 Å². The lowest BCUT2D eigenvalue weighted by Crippen LogP contribution is -1.98. The molecule has 3 aromatic carbocycles. The fourth-order valence-electron chi connectivity index (χ4n) is 2.28. The van der Waals surface area contributed by atoms with E-state index in [1.54, 1.807) is 24.3 Å². The second-order valence-electron chi connectivity index (χ2n) is 5.28. The number of non-ortho nitro benzene ring substituents is 1. The molecule has 8 nitrogen and oxygen atoms in total. The summed E-state index contributed by atoms with van der Waals surface area (Å²) in [6, 6.07) is 19.5. The summed E-state index contributed by atoms with van der Waals surface area (Å²) in [5.41, 5.74) is 0.0392. The summed E-state index contributed by atoms with van der Waals surface area (Å²) < 4.78 is 5.68. The molecular formula is C18H13N3O5. The molecule has 0 unspecified atom stereocenters. The molecule has 0 aromatic heterocycles. The van der Waals surface area contributed by atoms with Gasteiger partial charge in [0.2, 0.25) is 0 Å². The largest absolute Gasteiger partial charge is 0.457 e. The molecule has 0 aliphatic rings. The highest BCUT2D eigenvalue weighted by atomic mass is 16.6. The van der Waals surface area contributed by atoms with Crippen molar-refractivity contribution in [2.45, 2.75) is 0 Å². The summed E-state index contributed by atoms with van der Waals surface area (Å²) in [4.78, 5) is 20.6.